The Labute approximate surface area is 78.1 Å². The van der Waals surface area contributed by atoms with E-state index >= 15 is 0 Å². The van der Waals surface area contributed by atoms with Crippen LogP contribution in [0.15, 0.2) is 30.3 Å². The summed E-state index contributed by atoms with van der Waals surface area (Å²) in [6.07, 6.45) is 4.91. The largest absolute Gasteiger partial charge is 0.299 e. The van der Waals surface area contributed by atoms with E-state index in [4.69, 9.17) is 0 Å². The number of hydrogen-bond donors (Lipinski definition) is 0. The minimum Gasteiger partial charge on any atom is -0.299 e. The fraction of sp³-hybridized carbons (Fsp3) is 0.250. The number of benzene rings is 1. The lowest BCUT2D eigenvalue weighted by Gasteiger charge is -2.16. The molecule has 0 bridgehead atoms. The third-order valence-corrected chi connectivity index (χ3v) is 2.53. The second-order valence-electron chi connectivity index (χ2n) is 3.48. The van der Waals surface area contributed by atoms with Gasteiger partial charge in [0, 0.05) is 5.92 Å². The third-order valence-electron chi connectivity index (χ3n) is 2.53. The number of ketones is 1. The molecule has 0 aromatic heterocycles. The van der Waals surface area contributed by atoms with E-state index in [1.54, 1.807) is 6.92 Å². The van der Waals surface area contributed by atoms with E-state index < -0.39 is 0 Å². The first-order valence-corrected chi connectivity index (χ1v) is 4.54. The highest BCUT2D eigenvalue weighted by atomic mass is 16.1. The van der Waals surface area contributed by atoms with Crippen molar-refractivity contribution in [3.05, 3.63) is 41.5 Å². The quantitative estimate of drug-likeness (QED) is 0.636. The van der Waals surface area contributed by atoms with Crippen molar-refractivity contribution >= 4 is 11.9 Å². The predicted molar refractivity (Wildman–Crippen MR) is 53.4 cm³/mol. The van der Waals surface area contributed by atoms with Crippen LogP contribution in [-0.4, -0.2) is 5.78 Å². The fourth-order valence-electron chi connectivity index (χ4n) is 1.69. The molecule has 0 aliphatic heterocycles. The van der Waals surface area contributed by atoms with E-state index in [0.29, 0.717) is 0 Å². The van der Waals surface area contributed by atoms with Crippen LogP contribution < -0.4 is 0 Å². The summed E-state index contributed by atoms with van der Waals surface area (Å²) in [5, 5.41) is 0. The van der Waals surface area contributed by atoms with Gasteiger partial charge in [-0.25, -0.2) is 0 Å². The van der Waals surface area contributed by atoms with Gasteiger partial charge in [-0.05, 0) is 24.5 Å². The van der Waals surface area contributed by atoms with Crippen molar-refractivity contribution in [3.8, 4) is 0 Å². The van der Waals surface area contributed by atoms with E-state index in [1.807, 2.05) is 24.3 Å². The Kier molecular flexibility index (Phi) is 2.01. The van der Waals surface area contributed by atoms with E-state index in [1.165, 1.54) is 11.1 Å². The maximum Gasteiger partial charge on any atom is 0.136 e. The van der Waals surface area contributed by atoms with Crippen LogP contribution in [0.2, 0.25) is 0 Å². The lowest BCUT2D eigenvalue weighted by Crippen LogP contribution is -2.14. The Balaban J connectivity index is 2.34. The lowest BCUT2D eigenvalue weighted by molar-refractivity contribution is -0.119. The summed E-state index contributed by atoms with van der Waals surface area (Å²) in [4.78, 5) is 11.2. The third kappa shape index (κ3) is 1.55. The van der Waals surface area contributed by atoms with Crippen molar-refractivity contribution in [2.24, 2.45) is 5.92 Å². The first-order valence-electron chi connectivity index (χ1n) is 4.54. The predicted octanol–water partition coefficient (Wildman–Crippen LogP) is 2.46. The topological polar surface area (TPSA) is 17.1 Å². The molecule has 1 unspecified atom stereocenters. The van der Waals surface area contributed by atoms with Gasteiger partial charge in [0.15, 0.2) is 0 Å². The molecule has 0 spiro atoms. The highest BCUT2D eigenvalue weighted by molar-refractivity contribution is 5.82. The van der Waals surface area contributed by atoms with E-state index in [2.05, 4.69) is 12.1 Å². The summed E-state index contributed by atoms with van der Waals surface area (Å²) in [5.74, 6) is 0.348. The normalized spacial score (nSPS) is 19.6. The lowest BCUT2D eigenvalue weighted by atomic mass is 9.88. The van der Waals surface area contributed by atoms with Crippen LogP contribution in [0, 0.1) is 5.92 Å². The molecular weight excluding hydrogens is 160 g/mol. The first kappa shape index (κ1) is 8.24. The molecule has 0 radical (unpaired) electrons. The molecule has 0 fully saturated rings. The molecule has 1 aromatic carbocycles. The highest BCUT2D eigenvalue weighted by Gasteiger charge is 2.16. The second kappa shape index (κ2) is 3.17. The summed E-state index contributed by atoms with van der Waals surface area (Å²) in [6, 6.07) is 8.23. The van der Waals surface area contributed by atoms with Gasteiger partial charge < -0.3 is 0 Å². The maximum absolute atomic E-state index is 11.2. The molecule has 1 aromatic rings. The number of allylic oxidation sites excluding steroid dienone is 1. The Morgan fingerprint density at radius 1 is 1.38 bits per heavy atom. The number of hydrogen-bond acceptors (Lipinski definition) is 1. The summed E-state index contributed by atoms with van der Waals surface area (Å²) in [5.41, 5.74) is 2.53. The van der Waals surface area contributed by atoms with E-state index in [9.17, 15) is 4.79 Å². The highest BCUT2D eigenvalue weighted by Crippen LogP contribution is 2.22. The molecule has 1 atom stereocenters. The monoisotopic (exact) mass is 172 g/mol. The molecule has 0 saturated carbocycles. The first-order chi connectivity index (χ1) is 6.27. The van der Waals surface area contributed by atoms with Crippen LogP contribution >= 0.6 is 0 Å². The number of rotatable bonds is 1. The average Bonchev–Trinajstić information content (AvgIpc) is 2.17. The molecule has 1 heteroatoms. The van der Waals surface area contributed by atoms with Gasteiger partial charge in [-0.1, -0.05) is 36.4 Å². The molecule has 1 aliphatic rings. The standard InChI is InChI=1S/C12H12O/c1-9(13)11-7-6-10-4-2-3-5-12(10)8-11/h2-7,11H,8H2,1H3. The molecule has 1 nitrogen and oxygen atoms in total. The molecule has 0 heterocycles. The molecule has 13 heavy (non-hydrogen) atoms. The van der Waals surface area contributed by atoms with E-state index in [0.717, 1.165) is 6.42 Å². The average molecular weight is 172 g/mol. The van der Waals surface area contributed by atoms with Crippen LogP contribution in [0.4, 0.5) is 0 Å². The van der Waals surface area contributed by atoms with Crippen molar-refractivity contribution in [1.29, 1.82) is 0 Å². The minimum atomic E-state index is 0.0925. The van der Waals surface area contributed by atoms with Gasteiger partial charge in [-0.15, -0.1) is 0 Å². The number of carbonyl (C=O) groups is 1. The van der Waals surface area contributed by atoms with Gasteiger partial charge in [0.05, 0.1) is 0 Å². The van der Waals surface area contributed by atoms with E-state index in [-0.39, 0.29) is 11.7 Å². The zero-order valence-corrected chi connectivity index (χ0v) is 7.66. The second-order valence-corrected chi connectivity index (χ2v) is 3.48. The van der Waals surface area contributed by atoms with Crippen LogP contribution in [-0.2, 0) is 11.2 Å². The Hall–Kier alpha value is -1.37. The summed E-state index contributed by atoms with van der Waals surface area (Å²) < 4.78 is 0. The molecule has 66 valence electrons. The molecular formula is C12H12O. The SMILES string of the molecule is CC(=O)C1C=Cc2ccccc2C1. The van der Waals surface area contributed by atoms with Gasteiger partial charge in [-0.3, -0.25) is 4.79 Å². The molecule has 1 aliphatic carbocycles. The molecule has 0 amide bonds. The van der Waals surface area contributed by atoms with Crippen molar-refractivity contribution in [3.63, 3.8) is 0 Å². The Bertz CT molecular complexity index is 363. The summed E-state index contributed by atoms with van der Waals surface area (Å²) in [7, 11) is 0. The van der Waals surface area contributed by atoms with Crippen molar-refractivity contribution in [1.82, 2.24) is 0 Å². The zero-order valence-electron chi connectivity index (χ0n) is 7.66. The molecule has 0 N–H and O–H groups in total. The Morgan fingerprint density at radius 2 is 2.15 bits per heavy atom. The van der Waals surface area contributed by atoms with Crippen LogP contribution in [0.1, 0.15) is 18.1 Å². The van der Waals surface area contributed by atoms with Gasteiger partial charge in [0.2, 0.25) is 0 Å². The van der Waals surface area contributed by atoms with Crippen molar-refractivity contribution in [2.45, 2.75) is 13.3 Å². The Morgan fingerprint density at radius 3 is 2.92 bits per heavy atom. The van der Waals surface area contributed by atoms with Crippen molar-refractivity contribution < 1.29 is 4.79 Å². The molecule has 0 saturated heterocycles. The smallest absolute Gasteiger partial charge is 0.136 e. The summed E-state index contributed by atoms with van der Waals surface area (Å²) in [6.45, 7) is 1.66. The van der Waals surface area contributed by atoms with Gasteiger partial charge in [-0.2, -0.15) is 0 Å². The van der Waals surface area contributed by atoms with Crippen LogP contribution in [0.3, 0.4) is 0 Å². The zero-order chi connectivity index (χ0) is 9.26. The molecule has 2 rings (SSSR count). The summed E-state index contributed by atoms with van der Waals surface area (Å²) >= 11 is 0. The number of Topliss-reactive ketones (excluding diaryl/α,β-unsaturated/α-hetero) is 1. The maximum atomic E-state index is 11.2. The van der Waals surface area contributed by atoms with Gasteiger partial charge in [0.1, 0.15) is 5.78 Å². The minimum absolute atomic E-state index is 0.0925. The van der Waals surface area contributed by atoms with Gasteiger partial charge in [0.25, 0.3) is 0 Å². The van der Waals surface area contributed by atoms with Crippen LogP contribution in [0.25, 0.3) is 6.08 Å². The van der Waals surface area contributed by atoms with Gasteiger partial charge >= 0.3 is 0 Å². The number of carbonyl (C=O) groups excluding carboxylic acids is 1. The van der Waals surface area contributed by atoms with Crippen LogP contribution in [0.5, 0.6) is 0 Å². The van der Waals surface area contributed by atoms with Crippen molar-refractivity contribution in [2.75, 3.05) is 0 Å². The number of fused-ring (bicyclic) bond motifs is 1. The fourth-order valence-corrected chi connectivity index (χ4v) is 1.69.